The van der Waals surface area contributed by atoms with Gasteiger partial charge in [-0.1, -0.05) is 19.1 Å². The van der Waals surface area contributed by atoms with E-state index in [0.29, 0.717) is 17.1 Å². The van der Waals surface area contributed by atoms with Gasteiger partial charge in [0.15, 0.2) is 0 Å². The van der Waals surface area contributed by atoms with Crippen LogP contribution < -0.4 is 5.43 Å². The smallest absolute Gasteiger partial charge is 0.305 e. The standard InChI is InChI=1S/C23H28F6N4O/c1-3-9-31-10-5-7-15-16-6-4-8-18-20(16)17(11-19(15)31)14(2)33(18)30-21(34)32(12-22(24,25)26)13-23(27,28)29/h4,6,8,15,19H,3,5,7,9-13H2,1-2H3,(H,30,34)/t15-,19-/m1/s1. The number of halogens is 6. The SMILES string of the molecule is CCCN1CCC[C@@H]2c3cccc4c3c(c(C)n4NC(=O)N(CC(F)(F)F)CC(F)(F)F)C[C@H]21. The van der Waals surface area contributed by atoms with Gasteiger partial charge in [-0.3, -0.25) is 9.58 Å². The highest BCUT2D eigenvalue weighted by Gasteiger charge is 2.41. The second-order valence-corrected chi connectivity index (χ2v) is 9.20. The number of amides is 2. The van der Waals surface area contributed by atoms with E-state index in [9.17, 15) is 31.1 Å². The van der Waals surface area contributed by atoms with Crippen molar-refractivity contribution in [2.45, 2.75) is 63.8 Å². The molecule has 0 radical (unpaired) electrons. The lowest BCUT2D eigenvalue weighted by molar-refractivity contribution is -0.170. The average Bonchev–Trinajstić information content (AvgIpc) is 2.99. The fraction of sp³-hybridized carbons (Fsp3) is 0.609. The molecule has 0 unspecified atom stereocenters. The van der Waals surface area contributed by atoms with Crippen molar-refractivity contribution in [1.29, 1.82) is 0 Å². The highest BCUT2D eigenvalue weighted by molar-refractivity contribution is 5.93. The Hall–Kier alpha value is -2.43. The van der Waals surface area contributed by atoms with Crippen LogP contribution in [-0.2, 0) is 6.42 Å². The molecule has 0 spiro atoms. The first-order valence-corrected chi connectivity index (χ1v) is 11.5. The van der Waals surface area contributed by atoms with Crippen molar-refractivity contribution in [2.75, 3.05) is 31.6 Å². The van der Waals surface area contributed by atoms with E-state index >= 15 is 0 Å². The number of likely N-dealkylation sites (tertiary alicyclic amines) is 1. The van der Waals surface area contributed by atoms with Gasteiger partial charge in [-0.2, -0.15) is 26.3 Å². The number of nitrogens with one attached hydrogen (secondary N) is 1. The lowest BCUT2D eigenvalue weighted by atomic mass is 9.74. The molecule has 188 valence electrons. The minimum Gasteiger partial charge on any atom is -0.305 e. The van der Waals surface area contributed by atoms with Gasteiger partial charge < -0.3 is 4.90 Å². The maximum Gasteiger partial charge on any atom is 0.406 e. The molecule has 2 aliphatic rings. The third-order valence-electron chi connectivity index (χ3n) is 6.84. The van der Waals surface area contributed by atoms with Crippen LogP contribution in [0.2, 0.25) is 0 Å². The summed E-state index contributed by atoms with van der Waals surface area (Å²) in [6, 6.07) is 4.44. The number of benzene rings is 1. The largest absolute Gasteiger partial charge is 0.406 e. The third-order valence-corrected chi connectivity index (χ3v) is 6.84. The predicted molar refractivity (Wildman–Crippen MR) is 116 cm³/mol. The van der Waals surface area contributed by atoms with Crippen molar-refractivity contribution < 1.29 is 31.1 Å². The summed E-state index contributed by atoms with van der Waals surface area (Å²) in [7, 11) is 0. The van der Waals surface area contributed by atoms with E-state index in [1.807, 2.05) is 12.1 Å². The third kappa shape index (κ3) is 4.85. The zero-order chi connectivity index (χ0) is 24.8. The summed E-state index contributed by atoms with van der Waals surface area (Å²) in [5.74, 6) is 0.300. The maximum absolute atomic E-state index is 12.9. The van der Waals surface area contributed by atoms with Crippen LogP contribution in [-0.4, -0.2) is 65.1 Å². The molecule has 2 amide bonds. The van der Waals surface area contributed by atoms with E-state index in [-0.39, 0.29) is 10.9 Å². The first-order valence-electron chi connectivity index (χ1n) is 11.5. The number of rotatable bonds is 5. The fourth-order valence-corrected chi connectivity index (χ4v) is 5.61. The van der Waals surface area contributed by atoms with Crippen LogP contribution in [0, 0.1) is 6.92 Å². The molecule has 1 saturated heterocycles. The Morgan fingerprint density at radius 3 is 2.44 bits per heavy atom. The molecule has 1 aliphatic heterocycles. The molecule has 1 aromatic heterocycles. The Balaban J connectivity index is 1.70. The molecule has 1 N–H and O–H groups in total. The topological polar surface area (TPSA) is 40.5 Å². The maximum atomic E-state index is 12.9. The van der Waals surface area contributed by atoms with Gasteiger partial charge in [-0.05, 0) is 62.9 Å². The van der Waals surface area contributed by atoms with Crippen LogP contribution in [0.1, 0.15) is 48.9 Å². The number of hydrogen-bond acceptors (Lipinski definition) is 2. The minimum absolute atomic E-state index is 0.253. The molecule has 1 aromatic carbocycles. The van der Waals surface area contributed by atoms with Crippen LogP contribution in [0.4, 0.5) is 31.1 Å². The summed E-state index contributed by atoms with van der Waals surface area (Å²) in [4.78, 5) is 14.9. The van der Waals surface area contributed by atoms with Crippen molar-refractivity contribution in [3.05, 3.63) is 35.0 Å². The van der Waals surface area contributed by atoms with Gasteiger partial charge in [0.05, 0.1) is 5.52 Å². The lowest BCUT2D eigenvalue weighted by Gasteiger charge is -2.44. The van der Waals surface area contributed by atoms with Gasteiger partial charge >= 0.3 is 18.4 Å². The lowest BCUT2D eigenvalue weighted by Crippen LogP contribution is -2.48. The summed E-state index contributed by atoms with van der Waals surface area (Å²) in [5.41, 5.74) is 5.63. The molecule has 2 heterocycles. The first kappa shape index (κ1) is 24.7. The average molecular weight is 490 g/mol. The number of urea groups is 1. The fourth-order valence-electron chi connectivity index (χ4n) is 5.61. The number of aromatic nitrogens is 1. The molecule has 11 heteroatoms. The zero-order valence-corrected chi connectivity index (χ0v) is 19.1. The number of carbonyl (C=O) groups excluding carboxylic acids is 1. The van der Waals surface area contributed by atoms with Gasteiger partial charge in [-0.15, -0.1) is 0 Å². The van der Waals surface area contributed by atoms with Crippen LogP contribution in [0.5, 0.6) is 0 Å². The molecule has 0 saturated carbocycles. The number of carbonyl (C=O) groups is 1. The van der Waals surface area contributed by atoms with Crippen molar-refractivity contribution in [3.63, 3.8) is 0 Å². The highest BCUT2D eigenvalue weighted by Crippen LogP contribution is 2.45. The van der Waals surface area contributed by atoms with E-state index in [1.54, 1.807) is 13.0 Å². The summed E-state index contributed by atoms with van der Waals surface area (Å²) in [6.45, 7) is 1.84. The molecule has 0 bridgehead atoms. The molecule has 2 aromatic rings. The van der Waals surface area contributed by atoms with Crippen LogP contribution in [0.15, 0.2) is 18.2 Å². The second kappa shape index (κ2) is 8.98. The van der Waals surface area contributed by atoms with Crippen molar-refractivity contribution in [3.8, 4) is 0 Å². The summed E-state index contributed by atoms with van der Waals surface area (Å²) in [6.07, 6.45) is -6.10. The van der Waals surface area contributed by atoms with E-state index < -0.39 is 31.5 Å². The van der Waals surface area contributed by atoms with Gasteiger partial charge in [-0.25, -0.2) is 10.2 Å². The van der Waals surface area contributed by atoms with Gasteiger partial charge in [0.2, 0.25) is 0 Å². The zero-order valence-electron chi connectivity index (χ0n) is 19.1. The molecular formula is C23H28F6N4O. The van der Waals surface area contributed by atoms with Gasteiger partial charge in [0.1, 0.15) is 13.1 Å². The van der Waals surface area contributed by atoms with Crippen LogP contribution in [0.3, 0.4) is 0 Å². The van der Waals surface area contributed by atoms with E-state index in [1.165, 1.54) is 4.68 Å². The Bertz CT molecular complexity index is 1040. The summed E-state index contributed by atoms with van der Waals surface area (Å²) >= 11 is 0. The van der Waals surface area contributed by atoms with E-state index in [0.717, 1.165) is 55.3 Å². The quantitative estimate of drug-likeness (QED) is 0.558. The number of alkyl halides is 6. The summed E-state index contributed by atoms with van der Waals surface area (Å²) < 4.78 is 78.8. The number of piperidine rings is 1. The second-order valence-electron chi connectivity index (χ2n) is 9.20. The van der Waals surface area contributed by atoms with Crippen molar-refractivity contribution >= 4 is 16.9 Å². The summed E-state index contributed by atoms with van der Waals surface area (Å²) in [5, 5.41) is 0.943. The van der Waals surface area contributed by atoms with Crippen molar-refractivity contribution in [1.82, 2.24) is 14.5 Å². The molecule has 2 atom stereocenters. The Morgan fingerprint density at radius 2 is 1.82 bits per heavy atom. The molecular weight excluding hydrogens is 462 g/mol. The first-order chi connectivity index (χ1) is 15.9. The van der Waals surface area contributed by atoms with E-state index in [2.05, 4.69) is 17.2 Å². The predicted octanol–water partition coefficient (Wildman–Crippen LogP) is 5.55. The normalized spacial score (nSPS) is 20.9. The highest BCUT2D eigenvalue weighted by atomic mass is 19.4. The molecule has 5 nitrogen and oxygen atoms in total. The Morgan fingerprint density at radius 1 is 1.15 bits per heavy atom. The van der Waals surface area contributed by atoms with Gasteiger partial charge in [0, 0.05) is 23.0 Å². The molecule has 4 rings (SSSR count). The number of nitrogens with zero attached hydrogens (tertiary/aromatic N) is 3. The Labute approximate surface area is 193 Å². The van der Waals surface area contributed by atoms with Crippen LogP contribution >= 0.6 is 0 Å². The molecule has 1 fully saturated rings. The van der Waals surface area contributed by atoms with Crippen molar-refractivity contribution in [2.24, 2.45) is 0 Å². The minimum atomic E-state index is -4.96. The monoisotopic (exact) mass is 490 g/mol. The molecule has 1 aliphatic carbocycles. The van der Waals surface area contributed by atoms with E-state index in [4.69, 9.17) is 0 Å². The van der Waals surface area contributed by atoms with Crippen LogP contribution in [0.25, 0.3) is 10.9 Å². The Kier molecular flexibility index (Phi) is 6.52. The molecule has 34 heavy (non-hydrogen) atoms. The number of hydrogen-bond donors (Lipinski definition) is 1. The van der Waals surface area contributed by atoms with Gasteiger partial charge in [0.25, 0.3) is 0 Å². The number of fused-ring (bicyclic) bond motifs is 2.